The van der Waals surface area contributed by atoms with Crippen LogP contribution in [-0.2, 0) is 0 Å². The summed E-state index contributed by atoms with van der Waals surface area (Å²) in [4.78, 5) is 11.0. The van der Waals surface area contributed by atoms with Crippen LogP contribution < -0.4 is 9.47 Å². The van der Waals surface area contributed by atoms with Gasteiger partial charge in [0.2, 0.25) is 12.6 Å². The molecule has 3 nitrogen and oxygen atoms in total. The molecule has 1 heterocycles. The summed E-state index contributed by atoms with van der Waals surface area (Å²) in [6.45, 7) is -0.0264. The summed E-state index contributed by atoms with van der Waals surface area (Å²) in [5.74, 6) is -0.788. The SMILES string of the molecule is O=C(c1cc(Cl)c2c(c1)OCO2)C(F)F. The van der Waals surface area contributed by atoms with E-state index in [-0.39, 0.29) is 28.9 Å². The highest BCUT2D eigenvalue weighted by atomic mass is 35.5. The van der Waals surface area contributed by atoms with E-state index in [9.17, 15) is 13.6 Å². The van der Waals surface area contributed by atoms with Crippen LogP contribution in [0, 0.1) is 0 Å². The van der Waals surface area contributed by atoms with E-state index in [0.717, 1.165) is 6.07 Å². The maximum absolute atomic E-state index is 12.1. The molecule has 6 heteroatoms. The number of hydrogen-bond acceptors (Lipinski definition) is 3. The Morgan fingerprint density at radius 1 is 1.40 bits per heavy atom. The summed E-state index contributed by atoms with van der Waals surface area (Å²) in [7, 11) is 0. The third-order valence-electron chi connectivity index (χ3n) is 1.91. The van der Waals surface area contributed by atoms with Crippen molar-refractivity contribution < 1.29 is 23.0 Å². The molecule has 15 heavy (non-hydrogen) atoms. The number of Topliss-reactive ketones (excluding diaryl/α,β-unsaturated/α-hetero) is 1. The number of rotatable bonds is 2. The molecule has 1 aliphatic rings. The lowest BCUT2D eigenvalue weighted by molar-refractivity contribution is 0.0678. The van der Waals surface area contributed by atoms with E-state index in [1.165, 1.54) is 6.07 Å². The smallest absolute Gasteiger partial charge is 0.300 e. The summed E-state index contributed by atoms with van der Waals surface area (Å²) in [5.41, 5.74) is -0.181. The molecule has 80 valence electrons. The Balaban J connectivity index is 2.44. The van der Waals surface area contributed by atoms with Crippen LogP contribution >= 0.6 is 11.6 Å². The van der Waals surface area contributed by atoms with Gasteiger partial charge in [-0.05, 0) is 12.1 Å². The Hall–Kier alpha value is -1.36. The zero-order valence-electron chi connectivity index (χ0n) is 7.30. The zero-order chi connectivity index (χ0) is 11.0. The first-order valence-electron chi connectivity index (χ1n) is 4.01. The molecule has 0 aromatic heterocycles. The number of alkyl halides is 2. The lowest BCUT2D eigenvalue weighted by Gasteiger charge is -2.03. The molecule has 0 saturated heterocycles. The van der Waals surface area contributed by atoms with Crippen LogP contribution in [0.2, 0.25) is 5.02 Å². The van der Waals surface area contributed by atoms with Crippen molar-refractivity contribution in [1.82, 2.24) is 0 Å². The van der Waals surface area contributed by atoms with Crippen molar-refractivity contribution in [1.29, 1.82) is 0 Å². The van der Waals surface area contributed by atoms with Crippen LogP contribution in [0.1, 0.15) is 10.4 Å². The standard InChI is InChI=1S/C9H5ClF2O3/c10-5-1-4(7(13)9(11)12)2-6-8(5)15-3-14-6/h1-2,9H,3H2. The van der Waals surface area contributed by atoms with Gasteiger partial charge in [0, 0.05) is 5.56 Å². The van der Waals surface area contributed by atoms with Crippen molar-refractivity contribution in [3.8, 4) is 11.5 Å². The maximum atomic E-state index is 12.1. The van der Waals surface area contributed by atoms with Gasteiger partial charge in [0.05, 0.1) is 5.02 Å². The first-order chi connectivity index (χ1) is 7.09. The molecule has 0 bridgehead atoms. The van der Waals surface area contributed by atoms with Gasteiger partial charge in [-0.1, -0.05) is 11.6 Å². The van der Waals surface area contributed by atoms with Crippen molar-refractivity contribution >= 4 is 17.4 Å². The van der Waals surface area contributed by atoms with Gasteiger partial charge in [-0.2, -0.15) is 0 Å². The van der Waals surface area contributed by atoms with Gasteiger partial charge in [0.15, 0.2) is 11.5 Å². The Bertz CT molecular complexity index is 420. The van der Waals surface area contributed by atoms with Crippen LogP contribution in [0.3, 0.4) is 0 Å². The highest BCUT2D eigenvalue weighted by molar-refractivity contribution is 6.32. The van der Waals surface area contributed by atoms with Gasteiger partial charge < -0.3 is 9.47 Å². The quantitative estimate of drug-likeness (QED) is 0.738. The molecule has 0 aliphatic carbocycles. The fourth-order valence-electron chi connectivity index (χ4n) is 1.24. The normalized spacial score (nSPS) is 13.3. The first kappa shape index (κ1) is 10.2. The molecule has 2 rings (SSSR count). The predicted molar refractivity (Wildman–Crippen MR) is 47.9 cm³/mol. The minimum absolute atomic E-state index is 0.0264. The number of carbonyl (C=O) groups is 1. The van der Waals surface area contributed by atoms with Gasteiger partial charge in [-0.25, -0.2) is 8.78 Å². The van der Waals surface area contributed by atoms with Gasteiger partial charge in [0.25, 0.3) is 0 Å². The topological polar surface area (TPSA) is 35.5 Å². The van der Waals surface area contributed by atoms with Crippen molar-refractivity contribution in [2.45, 2.75) is 6.43 Å². The minimum atomic E-state index is -3.05. The average Bonchev–Trinajstić information content (AvgIpc) is 2.64. The molecule has 0 atom stereocenters. The number of hydrogen-bond donors (Lipinski definition) is 0. The highest BCUT2D eigenvalue weighted by Crippen LogP contribution is 2.40. The van der Waals surface area contributed by atoms with Crippen molar-refractivity contribution in [3.05, 3.63) is 22.7 Å². The van der Waals surface area contributed by atoms with Crippen LogP contribution in [0.5, 0.6) is 11.5 Å². The number of ether oxygens (including phenoxy) is 2. The molecule has 0 N–H and O–H groups in total. The molecule has 0 amide bonds. The van der Waals surface area contributed by atoms with Crippen molar-refractivity contribution in [2.24, 2.45) is 0 Å². The Morgan fingerprint density at radius 3 is 2.80 bits per heavy atom. The van der Waals surface area contributed by atoms with Crippen LogP contribution in [0.15, 0.2) is 12.1 Å². The second-order valence-electron chi connectivity index (χ2n) is 2.86. The van der Waals surface area contributed by atoms with E-state index < -0.39 is 12.2 Å². The van der Waals surface area contributed by atoms with E-state index in [4.69, 9.17) is 21.1 Å². The second-order valence-corrected chi connectivity index (χ2v) is 3.26. The van der Waals surface area contributed by atoms with Gasteiger partial charge in [0.1, 0.15) is 0 Å². The number of benzene rings is 1. The minimum Gasteiger partial charge on any atom is -0.454 e. The summed E-state index contributed by atoms with van der Waals surface area (Å²) >= 11 is 5.72. The van der Waals surface area contributed by atoms with E-state index in [2.05, 4.69) is 0 Å². The van der Waals surface area contributed by atoms with Crippen LogP contribution in [0.4, 0.5) is 8.78 Å². The second kappa shape index (κ2) is 3.66. The Morgan fingerprint density at radius 2 is 2.13 bits per heavy atom. The predicted octanol–water partition coefficient (Wildman–Crippen LogP) is 2.52. The van der Waals surface area contributed by atoms with Gasteiger partial charge >= 0.3 is 6.43 Å². The number of ketones is 1. The van der Waals surface area contributed by atoms with E-state index in [1.807, 2.05) is 0 Å². The van der Waals surface area contributed by atoms with Crippen molar-refractivity contribution in [2.75, 3.05) is 6.79 Å². The molecule has 0 spiro atoms. The zero-order valence-corrected chi connectivity index (χ0v) is 8.05. The number of carbonyl (C=O) groups excluding carboxylic acids is 1. The number of fused-ring (bicyclic) bond motifs is 1. The fourth-order valence-corrected chi connectivity index (χ4v) is 1.50. The monoisotopic (exact) mass is 234 g/mol. The third-order valence-corrected chi connectivity index (χ3v) is 2.19. The highest BCUT2D eigenvalue weighted by Gasteiger charge is 2.24. The Kier molecular flexibility index (Phi) is 2.48. The third kappa shape index (κ3) is 1.74. The largest absolute Gasteiger partial charge is 0.454 e. The molecule has 1 aromatic carbocycles. The summed E-state index contributed by atoms with van der Waals surface area (Å²) in [6.07, 6.45) is -3.05. The molecular weight excluding hydrogens is 230 g/mol. The van der Waals surface area contributed by atoms with Crippen LogP contribution in [0.25, 0.3) is 0 Å². The average molecular weight is 235 g/mol. The van der Waals surface area contributed by atoms with Gasteiger partial charge in [-0.3, -0.25) is 4.79 Å². The van der Waals surface area contributed by atoms with E-state index in [0.29, 0.717) is 0 Å². The Labute approximate surface area is 88.5 Å². The molecular formula is C9H5ClF2O3. The number of halogens is 3. The summed E-state index contributed by atoms with van der Waals surface area (Å²) in [5, 5.41) is 0.0917. The fraction of sp³-hybridized carbons (Fsp3) is 0.222. The molecule has 1 aromatic rings. The summed E-state index contributed by atoms with van der Waals surface area (Å²) < 4.78 is 34.2. The molecule has 0 unspecified atom stereocenters. The molecule has 0 radical (unpaired) electrons. The lowest BCUT2D eigenvalue weighted by atomic mass is 10.1. The van der Waals surface area contributed by atoms with E-state index in [1.54, 1.807) is 0 Å². The van der Waals surface area contributed by atoms with Gasteiger partial charge in [-0.15, -0.1) is 0 Å². The first-order valence-corrected chi connectivity index (χ1v) is 4.39. The summed E-state index contributed by atoms with van der Waals surface area (Å²) in [6, 6.07) is 2.34. The molecule has 0 fully saturated rings. The van der Waals surface area contributed by atoms with Crippen molar-refractivity contribution in [3.63, 3.8) is 0 Å². The molecule has 0 saturated carbocycles. The molecule has 1 aliphatic heterocycles. The maximum Gasteiger partial charge on any atom is 0.300 e. The van der Waals surface area contributed by atoms with Crippen LogP contribution in [-0.4, -0.2) is 19.0 Å². The van der Waals surface area contributed by atoms with E-state index >= 15 is 0 Å². The lowest BCUT2D eigenvalue weighted by Crippen LogP contribution is -2.09.